The summed E-state index contributed by atoms with van der Waals surface area (Å²) in [7, 11) is -2.23. The molecule has 0 amide bonds. The van der Waals surface area contributed by atoms with Gasteiger partial charge in [0, 0.05) is 0 Å². The molecule has 66 valence electrons. The Morgan fingerprint density at radius 3 is 2.58 bits per heavy atom. The first kappa shape index (κ1) is 9.15. The van der Waals surface area contributed by atoms with Crippen LogP contribution in [0.5, 0.6) is 0 Å². The summed E-state index contributed by atoms with van der Waals surface area (Å²) in [6, 6.07) is 4.83. The minimum absolute atomic E-state index is 0.0648. The van der Waals surface area contributed by atoms with Gasteiger partial charge < -0.3 is 0 Å². The van der Waals surface area contributed by atoms with Crippen molar-refractivity contribution in [2.75, 3.05) is 7.05 Å². The first-order valence-corrected chi connectivity index (χ1v) is 4.74. The lowest BCUT2D eigenvalue weighted by Crippen LogP contribution is -2.18. The Labute approximate surface area is 70.3 Å². The molecular formula is C7H8FNO2S. The van der Waals surface area contributed by atoms with Crippen molar-refractivity contribution < 1.29 is 12.8 Å². The summed E-state index contributed by atoms with van der Waals surface area (Å²) in [6.07, 6.45) is 0. The molecule has 0 aliphatic rings. The third-order valence-corrected chi connectivity index (χ3v) is 2.79. The van der Waals surface area contributed by atoms with E-state index in [1.165, 1.54) is 25.2 Å². The van der Waals surface area contributed by atoms with E-state index in [2.05, 4.69) is 4.72 Å². The number of halogens is 1. The zero-order valence-corrected chi connectivity index (χ0v) is 7.23. The van der Waals surface area contributed by atoms with Crippen LogP contribution in [0.15, 0.2) is 29.2 Å². The average molecular weight is 189 g/mol. The maximum Gasteiger partial charge on any atom is 0.240 e. The van der Waals surface area contributed by atoms with Crippen LogP contribution >= 0.6 is 0 Å². The standard InChI is InChI=1S/C7H8FNO2S/c1-9-12(10,11)7-4-2-3-6(8)5-7/h2-5,9H,1H3. The van der Waals surface area contributed by atoms with Gasteiger partial charge in [-0.25, -0.2) is 17.5 Å². The summed E-state index contributed by atoms with van der Waals surface area (Å²) in [6.45, 7) is 0. The molecule has 1 rings (SSSR count). The second kappa shape index (κ2) is 3.20. The average Bonchev–Trinajstić information content (AvgIpc) is 2.05. The zero-order chi connectivity index (χ0) is 9.19. The Morgan fingerprint density at radius 1 is 1.42 bits per heavy atom. The number of sulfonamides is 1. The van der Waals surface area contributed by atoms with Crippen LogP contribution in [0.4, 0.5) is 4.39 Å². The lowest BCUT2D eigenvalue weighted by Gasteiger charge is -2.00. The fourth-order valence-corrected chi connectivity index (χ4v) is 1.51. The van der Waals surface area contributed by atoms with Crippen LogP contribution in [-0.4, -0.2) is 15.5 Å². The summed E-state index contributed by atoms with van der Waals surface area (Å²) in [4.78, 5) is -0.0648. The van der Waals surface area contributed by atoms with E-state index in [0.29, 0.717) is 0 Å². The van der Waals surface area contributed by atoms with Gasteiger partial charge >= 0.3 is 0 Å². The summed E-state index contributed by atoms with van der Waals surface area (Å²) in [5.41, 5.74) is 0. The van der Waals surface area contributed by atoms with Gasteiger partial charge in [0.05, 0.1) is 4.90 Å². The molecule has 0 spiro atoms. The lowest BCUT2D eigenvalue weighted by molar-refractivity contribution is 0.584. The largest absolute Gasteiger partial charge is 0.240 e. The number of rotatable bonds is 2. The topological polar surface area (TPSA) is 46.2 Å². The van der Waals surface area contributed by atoms with Crippen LogP contribution in [-0.2, 0) is 10.0 Å². The molecule has 0 saturated carbocycles. The number of hydrogen-bond donors (Lipinski definition) is 1. The van der Waals surface area contributed by atoms with E-state index in [0.717, 1.165) is 6.07 Å². The molecule has 0 aliphatic heterocycles. The van der Waals surface area contributed by atoms with Crippen LogP contribution in [0.25, 0.3) is 0 Å². The second-order valence-electron chi connectivity index (χ2n) is 2.16. The number of hydrogen-bond acceptors (Lipinski definition) is 2. The summed E-state index contributed by atoms with van der Waals surface area (Å²) >= 11 is 0. The molecule has 0 fully saturated rings. The SMILES string of the molecule is CNS(=O)(=O)c1cccc(F)c1. The maximum absolute atomic E-state index is 12.5. The van der Waals surface area contributed by atoms with E-state index in [1.54, 1.807) is 0 Å². The van der Waals surface area contributed by atoms with Gasteiger partial charge in [0.15, 0.2) is 0 Å². The third kappa shape index (κ3) is 1.80. The smallest absolute Gasteiger partial charge is 0.214 e. The molecule has 0 atom stereocenters. The van der Waals surface area contributed by atoms with Crippen molar-refractivity contribution in [2.45, 2.75) is 4.90 Å². The molecule has 0 aromatic heterocycles. The summed E-state index contributed by atoms with van der Waals surface area (Å²) in [5, 5.41) is 0. The Morgan fingerprint density at radius 2 is 2.08 bits per heavy atom. The van der Waals surface area contributed by atoms with Gasteiger partial charge in [-0.15, -0.1) is 0 Å². The van der Waals surface area contributed by atoms with E-state index in [1.807, 2.05) is 0 Å². The normalized spacial score (nSPS) is 11.5. The molecule has 3 nitrogen and oxygen atoms in total. The van der Waals surface area contributed by atoms with Crippen LogP contribution in [0, 0.1) is 5.82 Å². The molecule has 0 unspecified atom stereocenters. The van der Waals surface area contributed by atoms with Gasteiger partial charge in [0.25, 0.3) is 0 Å². The zero-order valence-electron chi connectivity index (χ0n) is 6.41. The minimum Gasteiger partial charge on any atom is -0.214 e. The maximum atomic E-state index is 12.5. The van der Waals surface area contributed by atoms with Crippen molar-refractivity contribution in [1.82, 2.24) is 4.72 Å². The fourth-order valence-electron chi connectivity index (χ4n) is 0.752. The van der Waals surface area contributed by atoms with Crippen molar-refractivity contribution in [3.63, 3.8) is 0 Å². The van der Waals surface area contributed by atoms with E-state index >= 15 is 0 Å². The van der Waals surface area contributed by atoms with Crippen LogP contribution < -0.4 is 4.72 Å². The highest BCUT2D eigenvalue weighted by Crippen LogP contribution is 2.08. The van der Waals surface area contributed by atoms with Crippen molar-refractivity contribution in [3.8, 4) is 0 Å². The number of benzene rings is 1. The molecule has 0 aliphatic carbocycles. The number of nitrogens with one attached hydrogen (secondary N) is 1. The Bertz CT molecular complexity index is 375. The quantitative estimate of drug-likeness (QED) is 0.745. The van der Waals surface area contributed by atoms with Gasteiger partial charge in [-0.05, 0) is 25.2 Å². The van der Waals surface area contributed by atoms with E-state index < -0.39 is 15.8 Å². The van der Waals surface area contributed by atoms with Crippen molar-refractivity contribution in [2.24, 2.45) is 0 Å². The summed E-state index contributed by atoms with van der Waals surface area (Å²) < 4.78 is 36.8. The van der Waals surface area contributed by atoms with Crippen molar-refractivity contribution in [1.29, 1.82) is 0 Å². The molecule has 0 heterocycles. The minimum atomic E-state index is -3.51. The highest BCUT2D eigenvalue weighted by atomic mass is 32.2. The van der Waals surface area contributed by atoms with Crippen molar-refractivity contribution in [3.05, 3.63) is 30.1 Å². The first-order chi connectivity index (χ1) is 5.56. The van der Waals surface area contributed by atoms with Crippen LogP contribution in [0.2, 0.25) is 0 Å². The highest BCUT2D eigenvalue weighted by Gasteiger charge is 2.10. The molecular weight excluding hydrogens is 181 g/mol. The molecule has 1 aromatic carbocycles. The summed E-state index contributed by atoms with van der Waals surface area (Å²) in [5.74, 6) is -0.564. The van der Waals surface area contributed by atoms with E-state index in [4.69, 9.17) is 0 Å². The molecule has 0 radical (unpaired) electrons. The van der Waals surface area contributed by atoms with Gasteiger partial charge in [-0.2, -0.15) is 0 Å². The van der Waals surface area contributed by atoms with Gasteiger partial charge in [0.1, 0.15) is 5.82 Å². The van der Waals surface area contributed by atoms with E-state index in [9.17, 15) is 12.8 Å². The van der Waals surface area contributed by atoms with Gasteiger partial charge in [-0.1, -0.05) is 6.07 Å². The van der Waals surface area contributed by atoms with E-state index in [-0.39, 0.29) is 4.90 Å². The first-order valence-electron chi connectivity index (χ1n) is 3.25. The van der Waals surface area contributed by atoms with Crippen molar-refractivity contribution >= 4 is 10.0 Å². The predicted molar refractivity (Wildman–Crippen MR) is 42.6 cm³/mol. The lowest BCUT2D eigenvalue weighted by atomic mass is 10.4. The van der Waals surface area contributed by atoms with Gasteiger partial charge in [-0.3, -0.25) is 0 Å². The molecule has 12 heavy (non-hydrogen) atoms. The predicted octanol–water partition coefficient (Wildman–Crippen LogP) is 0.734. The molecule has 1 aromatic rings. The molecule has 0 bridgehead atoms. The Balaban J connectivity index is 3.21. The Hall–Kier alpha value is -0.940. The van der Waals surface area contributed by atoms with Crippen LogP contribution in [0.3, 0.4) is 0 Å². The third-order valence-electron chi connectivity index (χ3n) is 1.38. The molecule has 0 saturated heterocycles. The van der Waals surface area contributed by atoms with Gasteiger partial charge in [0.2, 0.25) is 10.0 Å². The Kier molecular flexibility index (Phi) is 2.44. The monoisotopic (exact) mass is 189 g/mol. The second-order valence-corrected chi connectivity index (χ2v) is 4.05. The molecule has 1 N–H and O–H groups in total. The fraction of sp³-hybridized carbons (Fsp3) is 0.143. The molecule has 5 heteroatoms. The highest BCUT2D eigenvalue weighted by molar-refractivity contribution is 7.89. The van der Waals surface area contributed by atoms with Crippen LogP contribution in [0.1, 0.15) is 0 Å².